The highest BCUT2D eigenvalue weighted by Gasteiger charge is 2.23. The summed E-state index contributed by atoms with van der Waals surface area (Å²) in [6.07, 6.45) is 5.08. The number of benzene rings is 3. The van der Waals surface area contributed by atoms with E-state index >= 15 is 0 Å². The van der Waals surface area contributed by atoms with E-state index in [2.05, 4.69) is 16.1 Å². The number of aromatic amines is 1. The van der Waals surface area contributed by atoms with E-state index in [0.29, 0.717) is 5.92 Å². The Morgan fingerprint density at radius 1 is 0.871 bits per heavy atom. The van der Waals surface area contributed by atoms with Crippen LogP contribution in [0.5, 0.6) is 0 Å². The molecule has 31 heavy (non-hydrogen) atoms. The molecule has 0 spiro atoms. The van der Waals surface area contributed by atoms with Crippen molar-refractivity contribution in [2.45, 2.75) is 25.2 Å². The molecule has 1 saturated heterocycles. The number of hydrogen-bond acceptors (Lipinski definition) is 1. The first kappa shape index (κ1) is 20.0. The number of likely N-dealkylation sites (tertiary alicyclic amines) is 1. The molecule has 1 aliphatic heterocycles. The normalized spacial score (nSPS) is 15.5. The maximum absolute atomic E-state index is 13.9. The molecule has 158 valence electrons. The van der Waals surface area contributed by atoms with Gasteiger partial charge in [0.2, 0.25) is 0 Å². The Bertz CT molecular complexity index is 1170. The molecule has 0 radical (unpaired) electrons. The van der Waals surface area contributed by atoms with Gasteiger partial charge in [0, 0.05) is 23.6 Å². The van der Waals surface area contributed by atoms with Crippen molar-refractivity contribution in [1.29, 1.82) is 0 Å². The molecular weight excluding hydrogens is 390 g/mol. The lowest BCUT2D eigenvalue weighted by Gasteiger charge is -2.32. The lowest BCUT2D eigenvalue weighted by atomic mass is 9.89. The molecule has 1 N–H and O–H groups in total. The molecule has 2 nitrogen and oxygen atoms in total. The Morgan fingerprint density at radius 2 is 1.61 bits per heavy atom. The summed E-state index contributed by atoms with van der Waals surface area (Å²) in [6, 6.07) is 20.1. The summed E-state index contributed by atoms with van der Waals surface area (Å²) in [4.78, 5) is 5.78. The van der Waals surface area contributed by atoms with Crippen LogP contribution in [-0.4, -0.2) is 29.5 Å². The summed E-state index contributed by atoms with van der Waals surface area (Å²) in [5, 5.41) is 1.01. The SMILES string of the molecule is Fc1ccc(CCN2CCC(c3c[nH]c4ccc(F)cc34)CC2)c(-c2ccccc2)c1. The van der Waals surface area contributed by atoms with Gasteiger partial charge in [-0.2, -0.15) is 0 Å². The van der Waals surface area contributed by atoms with E-state index in [0.717, 1.165) is 60.9 Å². The van der Waals surface area contributed by atoms with Crippen molar-refractivity contribution in [3.05, 3.63) is 95.7 Å². The Morgan fingerprint density at radius 3 is 2.42 bits per heavy atom. The van der Waals surface area contributed by atoms with E-state index in [1.165, 1.54) is 17.2 Å². The van der Waals surface area contributed by atoms with Crippen molar-refractivity contribution in [3.63, 3.8) is 0 Å². The van der Waals surface area contributed by atoms with Gasteiger partial charge in [-0.15, -0.1) is 0 Å². The number of hydrogen-bond donors (Lipinski definition) is 1. The van der Waals surface area contributed by atoms with Crippen LogP contribution < -0.4 is 0 Å². The van der Waals surface area contributed by atoms with Crippen molar-refractivity contribution in [2.24, 2.45) is 0 Å². The van der Waals surface area contributed by atoms with Gasteiger partial charge >= 0.3 is 0 Å². The fourth-order valence-corrected chi connectivity index (χ4v) is 4.85. The molecule has 1 aromatic heterocycles. The topological polar surface area (TPSA) is 19.0 Å². The zero-order valence-corrected chi connectivity index (χ0v) is 17.5. The Balaban J connectivity index is 1.24. The van der Waals surface area contributed by atoms with Gasteiger partial charge in [-0.1, -0.05) is 36.4 Å². The second-order valence-electron chi connectivity index (χ2n) is 8.47. The minimum Gasteiger partial charge on any atom is -0.361 e. The molecule has 5 rings (SSSR count). The van der Waals surface area contributed by atoms with Crippen LogP contribution in [-0.2, 0) is 6.42 Å². The van der Waals surface area contributed by atoms with Gasteiger partial charge in [-0.25, -0.2) is 8.78 Å². The van der Waals surface area contributed by atoms with E-state index in [1.807, 2.05) is 42.5 Å². The molecule has 0 atom stereocenters. The van der Waals surface area contributed by atoms with E-state index in [1.54, 1.807) is 18.2 Å². The third-order valence-electron chi connectivity index (χ3n) is 6.56. The largest absolute Gasteiger partial charge is 0.361 e. The maximum atomic E-state index is 13.9. The van der Waals surface area contributed by atoms with E-state index in [9.17, 15) is 8.78 Å². The van der Waals surface area contributed by atoms with Crippen molar-refractivity contribution in [1.82, 2.24) is 9.88 Å². The Hall–Kier alpha value is -2.98. The van der Waals surface area contributed by atoms with Crippen LogP contribution in [0.25, 0.3) is 22.0 Å². The van der Waals surface area contributed by atoms with E-state index in [4.69, 9.17) is 0 Å². The van der Waals surface area contributed by atoms with Crippen LogP contribution in [0, 0.1) is 11.6 Å². The zero-order valence-electron chi connectivity index (χ0n) is 17.5. The quantitative estimate of drug-likeness (QED) is 0.392. The average Bonchev–Trinajstić information content (AvgIpc) is 3.22. The number of H-pyrrole nitrogens is 1. The number of rotatable bonds is 5. The molecule has 0 saturated carbocycles. The molecule has 0 unspecified atom stereocenters. The van der Waals surface area contributed by atoms with Gasteiger partial charge in [0.25, 0.3) is 0 Å². The third-order valence-corrected chi connectivity index (χ3v) is 6.56. The van der Waals surface area contributed by atoms with Gasteiger partial charge in [-0.05, 0) is 90.9 Å². The summed E-state index contributed by atoms with van der Waals surface area (Å²) >= 11 is 0. The number of nitrogens with zero attached hydrogens (tertiary/aromatic N) is 1. The van der Waals surface area contributed by atoms with Crippen LogP contribution in [0.15, 0.2) is 72.9 Å². The maximum Gasteiger partial charge on any atom is 0.123 e. The number of nitrogens with one attached hydrogen (secondary N) is 1. The summed E-state index contributed by atoms with van der Waals surface area (Å²) in [7, 11) is 0. The third kappa shape index (κ3) is 4.26. The van der Waals surface area contributed by atoms with Gasteiger partial charge in [0.1, 0.15) is 11.6 Å². The van der Waals surface area contributed by atoms with Crippen LogP contribution >= 0.6 is 0 Å². The lowest BCUT2D eigenvalue weighted by molar-refractivity contribution is 0.215. The van der Waals surface area contributed by atoms with Crippen molar-refractivity contribution < 1.29 is 8.78 Å². The molecule has 0 bridgehead atoms. The van der Waals surface area contributed by atoms with Gasteiger partial charge < -0.3 is 9.88 Å². The molecule has 1 aliphatic rings. The second kappa shape index (κ2) is 8.64. The first-order chi connectivity index (χ1) is 15.2. The standard InChI is InChI=1S/C27H26F2N2/c28-22-7-6-20(24(16-22)19-4-2-1-3-5-19)10-13-31-14-11-21(12-15-31)26-18-30-27-9-8-23(29)17-25(26)27/h1-9,16-18,21,30H,10-15H2. The number of piperidine rings is 1. The average molecular weight is 417 g/mol. The molecular formula is C27H26F2N2. The molecule has 1 fully saturated rings. The lowest BCUT2D eigenvalue weighted by Crippen LogP contribution is -2.34. The Labute approximate surface area is 181 Å². The summed E-state index contributed by atoms with van der Waals surface area (Å²) in [5.74, 6) is 0.0791. The zero-order chi connectivity index (χ0) is 21.2. The highest BCUT2D eigenvalue weighted by molar-refractivity contribution is 5.83. The highest BCUT2D eigenvalue weighted by Crippen LogP contribution is 2.34. The predicted octanol–water partition coefficient (Wildman–Crippen LogP) is 6.54. The van der Waals surface area contributed by atoms with Crippen molar-refractivity contribution >= 4 is 10.9 Å². The monoisotopic (exact) mass is 416 g/mol. The Kier molecular flexibility index (Phi) is 5.56. The summed E-state index contributed by atoms with van der Waals surface area (Å²) in [6.45, 7) is 3.00. The van der Waals surface area contributed by atoms with E-state index in [-0.39, 0.29) is 11.6 Å². The molecule has 2 heterocycles. The minimum absolute atomic E-state index is 0.181. The molecule has 0 amide bonds. The van der Waals surface area contributed by atoms with Crippen LogP contribution in [0.4, 0.5) is 8.78 Å². The molecule has 4 aromatic rings. The van der Waals surface area contributed by atoms with Gasteiger partial charge in [0.05, 0.1) is 0 Å². The van der Waals surface area contributed by atoms with Crippen molar-refractivity contribution in [3.8, 4) is 11.1 Å². The number of fused-ring (bicyclic) bond motifs is 1. The number of aromatic nitrogens is 1. The summed E-state index contributed by atoms with van der Waals surface area (Å²) in [5.41, 5.74) is 5.46. The highest BCUT2D eigenvalue weighted by atomic mass is 19.1. The second-order valence-corrected chi connectivity index (χ2v) is 8.47. The van der Waals surface area contributed by atoms with Crippen LogP contribution in [0.3, 0.4) is 0 Å². The summed E-state index contributed by atoms with van der Waals surface area (Å²) < 4.78 is 27.6. The van der Waals surface area contributed by atoms with Crippen LogP contribution in [0.2, 0.25) is 0 Å². The predicted molar refractivity (Wildman–Crippen MR) is 122 cm³/mol. The molecule has 3 aromatic carbocycles. The fraction of sp³-hybridized carbons (Fsp3) is 0.259. The van der Waals surface area contributed by atoms with E-state index < -0.39 is 0 Å². The smallest absolute Gasteiger partial charge is 0.123 e. The number of halogens is 2. The first-order valence-corrected chi connectivity index (χ1v) is 11.0. The first-order valence-electron chi connectivity index (χ1n) is 11.0. The van der Waals surface area contributed by atoms with Gasteiger partial charge in [-0.3, -0.25) is 0 Å². The fourth-order valence-electron chi connectivity index (χ4n) is 4.85. The van der Waals surface area contributed by atoms with Gasteiger partial charge in [0.15, 0.2) is 0 Å². The van der Waals surface area contributed by atoms with Crippen LogP contribution in [0.1, 0.15) is 29.9 Å². The van der Waals surface area contributed by atoms with Crippen molar-refractivity contribution in [2.75, 3.05) is 19.6 Å². The minimum atomic E-state index is -0.196. The molecule has 0 aliphatic carbocycles. The molecule has 4 heteroatoms.